The van der Waals surface area contributed by atoms with E-state index in [0.29, 0.717) is 12.3 Å². The number of nitrogens with zero attached hydrogens (tertiary/aromatic N) is 1. The van der Waals surface area contributed by atoms with E-state index in [0.717, 1.165) is 57.8 Å². The van der Waals surface area contributed by atoms with Crippen LogP contribution in [0.25, 0.3) is 0 Å². The molecule has 0 unspecified atom stereocenters. The van der Waals surface area contributed by atoms with Crippen molar-refractivity contribution in [3.05, 3.63) is 29.3 Å². The van der Waals surface area contributed by atoms with Crippen LogP contribution in [0.2, 0.25) is 0 Å². The van der Waals surface area contributed by atoms with Crippen molar-refractivity contribution >= 4 is 5.91 Å². The Labute approximate surface area is 133 Å². The summed E-state index contributed by atoms with van der Waals surface area (Å²) >= 11 is 0. The van der Waals surface area contributed by atoms with Crippen LogP contribution in [-0.2, 0) is 11.2 Å². The molecule has 0 aromatic heterocycles. The summed E-state index contributed by atoms with van der Waals surface area (Å²) in [5.74, 6) is 1.24. The van der Waals surface area contributed by atoms with Gasteiger partial charge in [-0.3, -0.25) is 4.79 Å². The highest BCUT2D eigenvalue weighted by molar-refractivity contribution is 5.76. The van der Waals surface area contributed by atoms with Crippen molar-refractivity contribution in [3.8, 4) is 5.75 Å². The van der Waals surface area contributed by atoms with Crippen LogP contribution in [0.5, 0.6) is 5.75 Å². The third-order valence-corrected chi connectivity index (χ3v) is 4.09. The standard InChI is InChI=1S/C18H28N2O2/c1-3-13-22-17-8-7-16(15(2)14-17)5-4-6-18(21)20-11-9-19-10-12-20/h7-8,14,19H,3-6,9-13H2,1-2H3. The number of amides is 1. The summed E-state index contributed by atoms with van der Waals surface area (Å²) in [5.41, 5.74) is 2.57. The van der Waals surface area contributed by atoms with Crippen LogP contribution in [0.15, 0.2) is 18.2 Å². The lowest BCUT2D eigenvalue weighted by Crippen LogP contribution is -2.46. The molecular formula is C18H28N2O2. The van der Waals surface area contributed by atoms with E-state index in [9.17, 15) is 4.79 Å². The first-order chi connectivity index (χ1) is 10.7. The van der Waals surface area contributed by atoms with Crippen LogP contribution in [0.1, 0.15) is 37.3 Å². The summed E-state index contributed by atoms with van der Waals surface area (Å²) < 4.78 is 5.65. The number of benzene rings is 1. The van der Waals surface area contributed by atoms with Gasteiger partial charge in [0.05, 0.1) is 6.61 Å². The summed E-state index contributed by atoms with van der Waals surface area (Å²) in [6, 6.07) is 6.27. The highest BCUT2D eigenvalue weighted by Crippen LogP contribution is 2.19. The van der Waals surface area contributed by atoms with Gasteiger partial charge in [0.25, 0.3) is 0 Å². The molecule has 1 fully saturated rings. The Kier molecular flexibility index (Phi) is 6.72. The summed E-state index contributed by atoms with van der Waals surface area (Å²) in [5, 5.41) is 3.27. The zero-order chi connectivity index (χ0) is 15.8. The smallest absolute Gasteiger partial charge is 0.222 e. The van der Waals surface area contributed by atoms with E-state index < -0.39 is 0 Å². The molecule has 122 valence electrons. The maximum atomic E-state index is 12.1. The highest BCUT2D eigenvalue weighted by Gasteiger charge is 2.15. The number of rotatable bonds is 7. The zero-order valence-corrected chi connectivity index (χ0v) is 13.9. The Morgan fingerprint density at radius 1 is 1.32 bits per heavy atom. The van der Waals surface area contributed by atoms with Crippen molar-refractivity contribution in [2.75, 3.05) is 32.8 Å². The van der Waals surface area contributed by atoms with Crippen LogP contribution >= 0.6 is 0 Å². The fourth-order valence-electron chi connectivity index (χ4n) is 2.76. The molecule has 1 aliphatic heterocycles. The topological polar surface area (TPSA) is 41.6 Å². The van der Waals surface area contributed by atoms with Crippen LogP contribution < -0.4 is 10.1 Å². The molecule has 1 amide bonds. The first kappa shape index (κ1) is 16.8. The van der Waals surface area contributed by atoms with Gasteiger partial charge >= 0.3 is 0 Å². The molecule has 4 heteroatoms. The molecule has 1 aliphatic rings. The van der Waals surface area contributed by atoms with Crippen molar-refractivity contribution in [2.24, 2.45) is 0 Å². The lowest BCUT2D eigenvalue weighted by atomic mass is 10.0. The zero-order valence-electron chi connectivity index (χ0n) is 13.9. The van der Waals surface area contributed by atoms with Crippen LogP contribution in [0.4, 0.5) is 0 Å². The SMILES string of the molecule is CCCOc1ccc(CCCC(=O)N2CCNCC2)c(C)c1. The van der Waals surface area contributed by atoms with Gasteiger partial charge in [0.1, 0.15) is 5.75 Å². The number of hydrogen-bond acceptors (Lipinski definition) is 3. The van der Waals surface area contributed by atoms with Gasteiger partial charge in [-0.1, -0.05) is 13.0 Å². The van der Waals surface area contributed by atoms with Gasteiger partial charge in [-0.25, -0.2) is 0 Å². The van der Waals surface area contributed by atoms with E-state index in [1.54, 1.807) is 0 Å². The lowest BCUT2D eigenvalue weighted by molar-refractivity contribution is -0.131. The van der Waals surface area contributed by atoms with Gasteiger partial charge in [0, 0.05) is 32.6 Å². The number of carbonyl (C=O) groups excluding carboxylic acids is 1. The summed E-state index contributed by atoms with van der Waals surface area (Å²) in [6.45, 7) is 8.53. The largest absolute Gasteiger partial charge is 0.494 e. The minimum absolute atomic E-state index is 0.294. The lowest BCUT2D eigenvalue weighted by Gasteiger charge is -2.27. The molecule has 0 atom stereocenters. The fourth-order valence-corrected chi connectivity index (χ4v) is 2.76. The maximum Gasteiger partial charge on any atom is 0.222 e. The minimum atomic E-state index is 0.294. The third-order valence-electron chi connectivity index (χ3n) is 4.09. The van der Waals surface area contributed by atoms with Crippen molar-refractivity contribution < 1.29 is 9.53 Å². The fraction of sp³-hybridized carbons (Fsp3) is 0.611. The van der Waals surface area contributed by atoms with Crippen molar-refractivity contribution in [1.82, 2.24) is 10.2 Å². The second kappa shape index (κ2) is 8.79. The predicted octanol–water partition coefficient (Wildman–Crippen LogP) is 2.54. The molecule has 0 spiro atoms. The molecule has 2 rings (SSSR count). The van der Waals surface area contributed by atoms with Gasteiger partial charge in [-0.2, -0.15) is 0 Å². The van der Waals surface area contributed by atoms with Gasteiger partial charge in [-0.05, 0) is 49.4 Å². The number of carbonyl (C=O) groups is 1. The number of ether oxygens (including phenoxy) is 1. The summed E-state index contributed by atoms with van der Waals surface area (Å²) in [4.78, 5) is 14.1. The number of nitrogens with one attached hydrogen (secondary N) is 1. The van der Waals surface area contributed by atoms with E-state index >= 15 is 0 Å². The molecule has 1 saturated heterocycles. The van der Waals surface area contributed by atoms with Crippen LogP contribution in [0, 0.1) is 6.92 Å². The van der Waals surface area contributed by atoms with Crippen LogP contribution in [-0.4, -0.2) is 43.6 Å². The third kappa shape index (κ3) is 5.02. The van der Waals surface area contributed by atoms with Crippen LogP contribution in [0.3, 0.4) is 0 Å². The van der Waals surface area contributed by atoms with Crippen molar-refractivity contribution in [1.29, 1.82) is 0 Å². The van der Waals surface area contributed by atoms with E-state index in [-0.39, 0.29) is 0 Å². The molecule has 1 aromatic carbocycles. The van der Waals surface area contributed by atoms with E-state index in [1.165, 1.54) is 11.1 Å². The van der Waals surface area contributed by atoms with E-state index in [2.05, 4.69) is 31.3 Å². The number of hydrogen-bond donors (Lipinski definition) is 1. The van der Waals surface area contributed by atoms with E-state index in [1.807, 2.05) is 11.0 Å². The molecule has 0 bridgehead atoms. The predicted molar refractivity (Wildman–Crippen MR) is 89.4 cm³/mol. The number of aryl methyl sites for hydroxylation is 2. The normalized spacial score (nSPS) is 14.9. The van der Waals surface area contributed by atoms with Crippen molar-refractivity contribution in [2.45, 2.75) is 39.5 Å². The van der Waals surface area contributed by atoms with Gasteiger partial charge in [0.2, 0.25) is 5.91 Å². The molecule has 0 aliphatic carbocycles. The quantitative estimate of drug-likeness (QED) is 0.841. The van der Waals surface area contributed by atoms with Crippen molar-refractivity contribution in [3.63, 3.8) is 0 Å². The Hall–Kier alpha value is -1.55. The van der Waals surface area contributed by atoms with Gasteiger partial charge in [-0.15, -0.1) is 0 Å². The second-order valence-corrected chi connectivity index (χ2v) is 5.92. The highest BCUT2D eigenvalue weighted by atomic mass is 16.5. The Morgan fingerprint density at radius 2 is 2.09 bits per heavy atom. The number of piperazine rings is 1. The molecule has 1 N–H and O–H groups in total. The molecule has 0 radical (unpaired) electrons. The van der Waals surface area contributed by atoms with Gasteiger partial charge < -0.3 is 15.0 Å². The van der Waals surface area contributed by atoms with Gasteiger partial charge in [0.15, 0.2) is 0 Å². The van der Waals surface area contributed by atoms with E-state index in [4.69, 9.17) is 4.74 Å². The molecular weight excluding hydrogens is 276 g/mol. The Balaban J connectivity index is 1.77. The molecule has 22 heavy (non-hydrogen) atoms. The summed E-state index contributed by atoms with van der Waals surface area (Å²) in [6.07, 6.45) is 3.54. The molecule has 4 nitrogen and oxygen atoms in total. The molecule has 1 aromatic rings. The first-order valence-corrected chi connectivity index (χ1v) is 8.41. The maximum absolute atomic E-state index is 12.1. The summed E-state index contributed by atoms with van der Waals surface area (Å²) in [7, 11) is 0. The monoisotopic (exact) mass is 304 g/mol. The average Bonchev–Trinajstić information content (AvgIpc) is 2.55. The Bertz CT molecular complexity index is 482. The minimum Gasteiger partial charge on any atom is -0.494 e. The Morgan fingerprint density at radius 3 is 2.77 bits per heavy atom. The average molecular weight is 304 g/mol. The molecule has 0 saturated carbocycles. The molecule has 1 heterocycles. The first-order valence-electron chi connectivity index (χ1n) is 8.41. The second-order valence-electron chi connectivity index (χ2n) is 5.92.